The topological polar surface area (TPSA) is 84.0 Å². The summed E-state index contributed by atoms with van der Waals surface area (Å²) in [6, 6.07) is 3.44. The predicted octanol–water partition coefficient (Wildman–Crippen LogP) is 1.77. The van der Waals surface area contributed by atoms with E-state index < -0.39 is 9.84 Å². The molecule has 0 atom stereocenters. The number of sulfone groups is 1. The van der Waals surface area contributed by atoms with Crippen LogP contribution in [0.3, 0.4) is 0 Å². The molecule has 2 amide bonds. The zero-order valence-corrected chi connectivity index (χ0v) is 17.9. The molecule has 7 nitrogen and oxygen atoms in total. The molecule has 0 spiro atoms. The van der Waals surface area contributed by atoms with E-state index in [4.69, 9.17) is 4.74 Å². The normalized spacial score (nSPS) is 19.6. The van der Waals surface area contributed by atoms with E-state index in [1.165, 1.54) is 0 Å². The molecule has 2 heterocycles. The van der Waals surface area contributed by atoms with Gasteiger partial charge in [-0.15, -0.1) is 0 Å². The third kappa shape index (κ3) is 3.97. The highest BCUT2D eigenvalue weighted by molar-refractivity contribution is 9.10. The average Bonchev–Trinajstić information content (AvgIpc) is 3.45. The van der Waals surface area contributed by atoms with Crippen molar-refractivity contribution in [1.29, 1.82) is 0 Å². The van der Waals surface area contributed by atoms with Crippen molar-refractivity contribution in [3.05, 3.63) is 22.2 Å². The SMILES string of the molecule is O=C(CCS(=O)(=O)c1cc(Br)cc2c1N(C(=O)C1CC1)CC2)N1CCOCC1. The van der Waals surface area contributed by atoms with Crippen LogP contribution in [0, 0.1) is 5.92 Å². The third-order valence-corrected chi connectivity index (χ3v) is 7.65. The standard InChI is InChI=1S/C19H23BrN2O5S/c20-15-11-14-3-5-22(19(24)13-1-2-13)18(14)16(12-15)28(25,26)10-4-17(23)21-6-8-27-9-7-21/h11-13H,1-10H2. The molecule has 0 radical (unpaired) electrons. The Hall–Kier alpha value is -1.45. The second kappa shape index (κ2) is 7.76. The fourth-order valence-corrected chi connectivity index (χ4v) is 5.94. The van der Waals surface area contributed by atoms with E-state index in [-0.39, 0.29) is 34.8 Å². The van der Waals surface area contributed by atoms with Crippen molar-refractivity contribution in [3.63, 3.8) is 0 Å². The van der Waals surface area contributed by atoms with Gasteiger partial charge >= 0.3 is 0 Å². The van der Waals surface area contributed by atoms with Crippen molar-refractivity contribution in [2.75, 3.05) is 43.5 Å². The first-order valence-corrected chi connectivity index (χ1v) is 12.0. The summed E-state index contributed by atoms with van der Waals surface area (Å²) in [6.45, 7) is 2.46. The number of nitrogens with zero attached hydrogens (tertiary/aromatic N) is 2. The van der Waals surface area contributed by atoms with E-state index in [1.807, 2.05) is 6.07 Å². The van der Waals surface area contributed by atoms with Gasteiger partial charge in [0.15, 0.2) is 9.84 Å². The van der Waals surface area contributed by atoms with Crippen molar-refractivity contribution < 1.29 is 22.7 Å². The molecule has 1 aliphatic carbocycles. The zero-order valence-electron chi connectivity index (χ0n) is 15.5. The summed E-state index contributed by atoms with van der Waals surface area (Å²) in [5, 5.41) is 0. The summed E-state index contributed by atoms with van der Waals surface area (Å²) in [7, 11) is -3.72. The van der Waals surface area contributed by atoms with Gasteiger partial charge in [0.25, 0.3) is 0 Å². The molecule has 0 aromatic heterocycles. The monoisotopic (exact) mass is 470 g/mol. The minimum atomic E-state index is -3.72. The number of fused-ring (bicyclic) bond motifs is 1. The van der Waals surface area contributed by atoms with Crippen molar-refractivity contribution in [1.82, 2.24) is 4.90 Å². The van der Waals surface area contributed by atoms with E-state index in [0.29, 0.717) is 49.4 Å². The first-order valence-electron chi connectivity index (χ1n) is 9.59. The number of hydrogen-bond acceptors (Lipinski definition) is 5. The number of anilines is 1. The molecule has 1 aromatic rings. The number of ether oxygens (including phenoxy) is 1. The molecule has 1 saturated carbocycles. The Kier molecular flexibility index (Phi) is 5.50. The molecule has 2 fully saturated rings. The largest absolute Gasteiger partial charge is 0.378 e. The van der Waals surface area contributed by atoms with Crippen molar-refractivity contribution >= 4 is 43.3 Å². The van der Waals surface area contributed by atoms with Crippen LogP contribution in [0.25, 0.3) is 0 Å². The Bertz CT molecular complexity index is 907. The number of rotatable bonds is 5. The molecule has 1 saturated heterocycles. The fraction of sp³-hybridized carbons (Fsp3) is 0.579. The smallest absolute Gasteiger partial charge is 0.230 e. The van der Waals surface area contributed by atoms with E-state index in [9.17, 15) is 18.0 Å². The van der Waals surface area contributed by atoms with Crippen LogP contribution in [0.1, 0.15) is 24.8 Å². The van der Waals surface area contributed by atoms with E-state index in [1.54, 1.807) is 15.9 Å². The van der Waals surface area contributed by atoms with Gasteiger partial charge in [0.2, 0.25) is 11.8 Å². The van der Waals surface area contributed by atoms with Crippen LogP contribution >= 0.6 is 15.9 Å². The third-order valence-electron chi connectivity index (χ3n) is 5.47. The lowest BCUT2D eigenvalue weighted by Crippen LogP contribution is -2.41. The van der Waals surface area contributed by atoms with Gasteiger partial charge in [0.05, 0.1) is 29.5 Å². The van der Waals surface area contributed by atoms with Crippen LogP contribution in [0.5, 0.6) is 0 Å². The minimum Gasteiger partial charge on any atom is -0.378 e. The summed E-state index contributed by atoms with van der Waals surface area (Å²) >= 11 is 3.39. The summed E-state index contributed by atoms with van der Waals surface area (Å²) in [5.41, 5.74) is 1.38. The summed E-state index contributed by atoms with van der Waals surface area (Å²) in [5.74, 6) is -0.406. The Morgan fingerprint density at radius 3 is 2.54 bits per heavy atom. The molecule has 0 bridgehead atoms. The molecule has 9 heteroatoms. The second-order valence-electron chi connectivity index (χ2n) is 7.49. The second-order valence-corrected chi connectivity index (χ2v) is 10.5. The maximum absolute atomic E-state index is 13.1. The van der Waals surface area contributed by atoms with Gasteiger partial charge in [-0.1, -0.05) is 15.9 Å². The van der Waals surface area contributed by atoms with Gasteiger partial charge in [-0.05, 0) is 37.0 Å². The lowest BCUT2D eigenvalue weighted by atomic mass is 10.2. The number of carbonyl (C=O) groups excluding carboxylic acids is 2. The average molecular weight is 471 g/mol. The number of carbonyl (C=O) groups is 2. The molecule has 1 aromatic carbocycles. The van der Waals surface area contributed by atoms with E-state index in [2.05, 4.69) is 15.9 Å². The number of halogens is 1. The molecule has 3 aliphatic rings. The number of hydrogen-bond donors (Lipinski definition) is 0. The predicted molar refractivity (Wildman–Crippen MR) is 107 cm³/mol. The maximum atomic E-state index is 13.1. The molecular weight excluding hydrogens is 448 g/mol. The lowest BCUT2D eigenvalue weighted by molar-refractivity contribution is -0.134. The molecule has 0 N–H and O–H groups in total. The minimum absolute atomic E-state index is 0.0157. The van der Waals surface area contributed by atoms with Crippen molar-refractivity contribution in [3.8, 4) is 0 Å². The summed E-state index contributed by atoms with van der Waals surface area (Å²) in [4.78, 5) is 28.5. The van der Waals surface area contributed by atoms with Crippen LogP contribution < -0.4 is 4.90 Å². The van der Waals surface area contributed by atoms with Gasteiger partial charge in [0.1, 0.15) is 0 Å². The summed E-state index contributed by atoms with van der Waals surface area (Å²) < 4.78 is 32.2. The molecule has 0 unspecified atom stereocenters. The number of benzene rings is 1. The molecule has 28 heavy (non-hydrogen) atoms. The van der Waals surface area contributed by atoms with Crippen molar-refractivity contribution in [2.24, 2.45) is 5.92 Å². The Morgan fingerprint density at radius 2 is 1.86 bits per heavy atom. The van der Waals surface area contributed by atoms with Gasteiger partial charge in [0, 0.05) is 36.4 Å². The number of morpholine rings is 1. The van der Waals surface area contributed by atoms with Crippen LogP contribution in [0.15, 0.2) is 21.5 Å². The van der Waals surface area contributed by atoms with Crippen LogP contribution in [0.4, 0.5) is 5.69 Å². The quantitative estimate of drug-likeness (QED) is 0.654. The fourth-order valence-electron chi connectivity index (χ4n) is 3.78. The molecule has 2 aliphatic heterocycles. The highest BCUT2D eigenvalue weighted by Crippen LogP contribution is 2.41. The Balaban J connectivity index is 1.57. The number of amides is 2. The highest BCUT2D eigenvalue weighted by Gasteiger charge is 2.39. The van der Waals surface area contributed by atoms with Crippen LogP contribution in [0.2, 0.25) is 0 Å². The Morgan fingerprint density at radius 1 is 1.14 bits per heavy atom. The molecular formula is C19H23BrN2O5S. The maximum Gasteiger partial charge on any atom is 0.230 e. The van der Waals surface area contributed by atoms with Crippen molar-refractivity contribution in [2.45, 2.75) is 30.6 Å². The highest BCUT2D eigenvalue weighted by atomic mass is 79.9. The zero-order chi connectivity index (χ0) is 19.9. The molecule has 152 valence electrons. The van der Waals surface area contributed by atoms with E-state index in [0.717, 1.165) is 18.4 Å². The van der Waals surface area contributed by atoms with Gasteiger partial charge in [-0.25, -0.2) is 8.42 Å². The Labute approximate surface area is 173 Å². The van der Waals surface area contributed by atoms with E-state index >= 15 is 0 Å². The first kappa shape index (κ1) is 19.8. The van der Waals surface area contributed by atoms with Gasteiger partial charge in [-0.3, -0.25) is 9.59 Å². The lowest BCUT2D eigenvalue weighted by Gasteiger charge is -2.27. The van der Waals surface area contributed by atoms with Crippen LogP contribution in [-0.4, -0.2) is 63.7 Å². The van der Waals surface area contributed by atoms with Crippen LogP contribution in [-0.2, 0) is 30.6 Å². The van der Waals surface area contributed by atoms with Gasteiger partial charge < -0.3 is 14.5 Å². The summed E-state index contributed by atoms with van der Waals surface area (Å²) in [6.07, 6.45) is 2.32. The molecule has 4 rings (SSSR count). The van der Waals surface area contributed by atoms with Gasteiger partial charge in [-0.2, -0.15) is 0 Å². The first-order chi connectivity index (χ1) is 13.4.